The first-order valence-corrected chi connectivity index (χ1v) is 6.69. The zero-order chi connectivity index (χ0) is 13.5. The maximum Gasteiger partial charge on any atom is 0.0690 e. The standard InChI is InChI=1S/C15H25NO2/c1-4-11(2)15(18)9-16-12(3)14-7-5-6-13(8-14)10-17/h5-8,11-12,15-18H,4,9-10H2,1-3H3. The Morgan fingerprint density at radius 1 is 1.28 bits per heavy atom. The van der Waals surface area contributed by atoms with Gasteiger partial charge in [0.1, 0.15) is 0 Å². The van der Waals surface area contributed by atoms with Crippen LogP contribution < -0.4 is 5.32 Å². The highest BCUT2D eigenvalue weighted by Crippen LogP contribution is 2.15. The van der Waals surface area contributed by atoms with Crippen molar-refractivity contribution in [2.75, 3.05) is 6.54 Å². The quantitative estimate of drug-likeness (QED) is 0.696. The summed E-state index contributed by atoms with van der Waals surface area (Å²) in [5, 5.41) is 22.4. The van der Waals surface area contributed by atoms with Gasteiger partial charge >= 0.3 is 0 Å². The van der Waals surface area contributed by atoms with E-state index in [-0.39, 0.29) is 18.8 Å². The molecular weight excluding hydrogens is 226 g/mol. The zero-order valence-corrected chi connectivity index (χ0v) is 11.6. The summed E-state index contributed by atoms with van der Waals surface area (Å²) in [6, 6.07) is 8.06. The predicted octanol–water partition coefficient (Wildman–Crippen LogP) is 2.24. The van der Waals surface area contributed by atoms with Crippen LogP contribution in [0.1, 0.15) is 44.4 Å². The summed E-state index contributed by atoms with van der Waals surface area (Å²) in [7, 11) is 0. The molecular formula is C15H25NO2. The van der Waals surface area contributed by atoms with Gasteiger partial charge in [0.25, 0.3) is 0 Å². The number of hydrogen-bond acceptors (Lipinski definition) is 3. The maximum absolute atomic E-state index is 9.91. The molecule has 18 heavy (non-hydrogen) atoms. The van der Waals surface area contributed by atoms with Crippen molar-refractivity contribution in [3.63, 3.8) is 0 Å². The Labute approximate surface area is 110 Å². The summed E-state index contributed by atoms with van der Waals surface area (Å²) >= 11 is 0. The molecule has 0 aliphatic rings. The van der Waals surface area contributed by atoms with Gasteiger partial charge in [0.2, 0.25) is 0 Å². The van der Waals surface area contributed by atoms with Crippen molar-refractivity contribution >= 4 is 0 Å². The normalized spacial score (nSPS) is 16.3. The number of aliphatic hydroxyl groups is 2. The number of hydrogen-bond donors (Lipinski definition) is 3. The van der Waals surface area contributed by atoms with E-state index in [1.165, 1.54) is 0 Å². The summed E-state index contributed by atoms with van der Waals surface area (Å²) in [5.74, 6) is 0.313. The van der Waals surface area contributed by atoms with Gasteiger partial charge in [-0.3, -0.25) is 0 Å². The molecule has 3 atom stereocenters. The van der Waals surface area contributed by atoms with Crippen LogP contribution in [0.4, 0.5) is 0 Å². The van der Waals surface area contributed by atoms with Crippen molar-refractivity contribution in [3.8, 4) is 0 Å². The number of rotatable bonds is 7. The van der Waals surface area contributed by atoms with Crippen LogP contribution in [0, 0.1) is 5.92 Å². The van der Waals surface area contributed by atoms with Gasteiger partial charge in [0, 0.05) is 12.6 Å². The summed E-state index contributed by atoms with van der Waals surface area (Å²) in [6.07, 6.45) is 0.676. The molecule has 3 heteroatoms. The summed E-state index contributed by atoms with van der Waals surface area (Å²) in [6.45, 7) is 6.88. The smallest absolute Gasteiger partial charge is 0.0690 e. The van der Waals surface area contributed by atoms with Crippen molar-refractivity contribution in [1.29, 1.82) is 0 Å². The van der Waals surface area contributed by atoms with Gasteiger partial charge in [-0.05, 0) is 24.0 Å². The fourth-order valence-electron chi connectivity index (χ4n) is 1.85. The monoisotopic (exact) mass is 251 g/mol. The molecule has 0 saturated carbocycles. The van der Waals surface area contributed by atoms with Gasteiger partial charge in [-0.15, -0.1) is 0 Å². The SMILES string of the molecule is CCC(C)C(O)CNC(C)c1cccc(CO)c1. The molecule has 0 radical (unpaired) electrons. The van der Waals surface area contributed by atoms with Gasteiger partial charge < -0.3 is 15.5 Å². The van der Waals surface area contributed by atoms with Crippen molar-refractivity contribution in [2.24, 2.45) is 5.92 Å². The average molecular weight is 251 g/mol. The molecule has 1 rings (SSSR count). The molecule has 0 aliphatic heterocycles. The Morgan fingerprint density at radius 2 is 2.00 bits per heavy atom. The molecule has 0 aliphatic carbocycles. The summed E-state index contributed by atoms with van der Waals surface area (Å²) in [5.41, 5.74) is 2.06. The minimum absolute atomic E-state index is 0.0655. The fourth-order valence-corrected chi connectivity index (χ4v) is 1.85. The first-order valence-electron chi connectivity index (χ1n) is 6.69. The minimum atomic E-state index is -0.307. The molecule has 3 unspecified atom stereocenters. The summed E-state index contributed by atoms with van der Waals surface area (Å²) < 4.78 is 0. The molecule has 0 aromatic heterocycles. The topological polar surface area (TPSA) is 52.5 Å². The van der Waals surface area contributed by atoms with Gasteiger partial charge in [0.15, 0.2) is 0 Å². The molecule has 0 saturated heterocycles. The second-order valence-corrected chi connectivity index (χ2v) is 4.99. The lowest BCUT2D eigenvalue weighted by Gasteiger charge is -2.21. The largest absolute Gasteiger partial charge is 0.392 e. The molecule has 102 valence electrons. The van der Waals surface area contributed by atoms with E-state index in [0.29, 0.717) is 12.5 Å². The van der Waals surface area contributed by atoms with Crippen LogP contribution in [0.2, 0.25) is 0 Å². The van der Waals surface area contributed by atoms with Crippen LogP contribution in [0.25, 0.3) is 0 Å². The van der Waals surface area contributed by atoms with Crippen molar-refractivity contribution in [1.82, 2.24) is 5.32 Å². The van der Waals surface area contributed by atoms with Gasteiger partial charge in [-0.1, -0.05) is 44.5 Å². The first kappa shape index (κ1) is 15.2. The second-order valence-electron chi connectivity index (χ2n) is 4.99. The van der Waals surface area contributed by atoms with E-state index in [4.69, 9.17) is 5.11 Å². The third kappa shape index (κ3) is 4.41. The van der Waals surface area contributed by atoms with E-state index in [1.54, 1.807) is 0 Å². The van der Waals surface area contributed by atoms with Gasteiger partial charge in [0.05, 0.1) is 12.7 Å². The van der Waals surface area contributed by atoms with E-state index in [9.17, 15) is 5.11 Å². The Morgan fingerprint density at radius 3 is 2.61 bits per heavy atom. The Balaban J connectivity index is 2.51. The average Bonchev–Trinajstić information content (AvgIpc) is 2.43. The maximum atomic E-state index is 9.91. The second kappa shape index (κ2) is 7.52. The van der Waals surface area contributed by atoms with Crippen molar-refractivity contribution in [3.05, 3.63) is 35.4 Å². The van der Waals surface area contributed by atoms with Crippen molar-refractivity contribution < 1.29 is 10.2 Å². The molecule has 1 aromatic carbocycles. The van der Waals surface area contributed by atoms with Gasteiger partial charge in [-0.2, -0.15) is 0 Å². The van der Waals surface area contributed by atoms with Crippen LogP contribution in [-0.2, 0) is 6.61 Å². The molecule has 0 bridgehead atoms. The molecule has 3 N–H and O–H groups in total. The van der Waals surface area contributed by atoms with E-state index >= 15 is 0 Å². The van der Waals surface area contributed by atoms with Crippen LogP contribution in [-0.4, -0.2) is 22.9 Å². The van der Waals surface area contributed by atoms with E-state index in [2.05, 4.69) is 26.1 Å². The molecule has 0 heterocycles. The highest BCUT2D eigenvalue weighted by molar-refractivity contribution is 5.25. The van der Waals surface area contributed by atoms with Crippen LogP contribution in [0.15, 0.2) is 24.3 Å². The first-order chi connectivity index (χ1) is 8.58. The third-order valence-corrected chi connectivity index (χ3v) is 3.57. The number of benzene rings is 1. The number of aliphatic hydroxyl groups excluding tert-OH is 2. The zero-order valence-electron chi connectivity index (χ0n) is 11.6. The fraction of sp³-hybridized carbons (Fsp3) is 0.600. The molecule has 0 spiro atoms. The predicted molar refractivity (Wildman–Crippen MR) is 74.2 cm³/mol. The molecule has 0 amide bonds. The van der Waals surface area contributed by atoms with Crippen LogP contribution in [0.5, 0.6) is 0 Å². The Kier molecular flexibility index (Phi) is 6.33. The lowest BCUT2D eigenvalue weighted by atomic mass is 10.0. The van der Waals surface area contributed by atoms with Gasteiger partial charge in [-0.25, -0.2) is 0 Å². The lowest BCUT2D eigenvalue weighted by Crippen LogP contribution is -2.33. The Bertz CT molecular complexity index is 354. The van der Waals surface area contributed by atoms with Crippen LogP contribution in [0.3, 0.4) is 0 Å². The molecule has 1 aromatic rings. The highest BCUT2D eigenvalue weighted by atomic mass is 16.3. The minimum Gasteiger partial charge on any atom is -0.392 e. The van der Waals surface area contributed by atoms with E-state index in [1.807, 2.05) is 24.3 Å². The van der Waals surface area contributed by atoms with Crippen LogP contribution >= 0.6 is 0 Å². The Hall–Kier alpha value is -0.900. The highest BCUT2D eigenvalue weighted by Gasteiger charge is 2.13. The molecule has 3 nitrogen and oxygen atoms in total. The van der Waals surface area contributed by atoms with E-state index < -0.39 is 0 Å². The third-order valence-electron chi connectivity index (χ3n) is 3.57. The van der Waals surface area contributed by atoms with E-state index in [0.717, 1.165) is 17.5 Å². The molecule has 0 fully saturated rings. The number of nitrogens with one attached hydrogen (secondary N) is 1. The summed E-state index contributed by atoms with van der Waals surface area (Å²) in [4.78, 5) is 0. The lowest BCUT2D eigenvalue weighted by molar-refractivity contribution is 0.110. The van der Waals surface area contributed by atoms with Crippen molar-refractivity contribution in [2.45, 2.75) is 45.9 Å².